The van der Waals surface area contributed by atoms with E-state index in [1.54, 1.807) is 6.92 Å². The van der Waals surface area contributed by atoms with Gasteiger partial charge in [-0.25, -0.2) is 9.78 Å². The summed E-state index contributed by atoms with van der Waals surface area (Å²) < 4.78 is 10.6. The number of carbonyl (C=O) groups is 1. The summed E-state index contributed by atoms with van der Waals surface area (Å²) >= 11 is 1.52. The first kappa shape index (κ1) is 14.3. The van der Waals surface area contributed by atoms with Crippen molar-refractivity contribution in [2.24, 2.45) is 0 Å². The molecule has 1 unspecified atom stereocenters. The average Bonchev–Trinajstić information content (AvgIpc) is 2.98. The maximum atomic E-state index is 11.7. The van der Waals surface area contributed by atoms with Crippen LogP contribution in [0.5, 0.6) is 0 Å². The van der Waals surface area contributed by atoms with Crippen molar-refractivity contribution in [1.29, 1.82) is 0 Å². The van der Waals surface area contributed by atoms with Gasteiger partial charge >= 0.3 is 5.97 Å². The number of aromatic nitrogens is 1. The zero-order chi connectivity index (χ0) is 13.8. The number of anilines is 1. The molecule has 0 N–H and O–H groups in total. The Morgan fingerprint density at radius 1 is 1.63 bits per heavy atom. The molecule has 0 aromatic carbocycles. The maximum absolute atomic E-state index is 11.7. The summed E-state index contributed by atoms with van der Waals surface area (Å²) in [5.41, 5.74) is 0.432. The van der Waals surface area contributed by atoms with Gasteiger partial charge in [0, 0.05) is 25.1 Å². The zero-order valence-electron chi connectivity index (χ0n) is 11.6. The molecular weight excluding hydrogens is 264 g/mol. The molecule has 5 nitrogen and oxygen atoms in total. The highest BCUT2D eigenvalue weighted by atomic mass is 32.1. The molecule has 1 fully saturated rings. The fraction of sp³-hybridized carbons (Fsp3) is 0.692. The molecule has 2 heterocycles. The summed E-state index contributed by atoms with van der Waals surface area (Å²) in [5.74, 6) is -0.340. The van der Waals surface area contributed by atoms with E-state index in [0.717, 1.165) is 36.0 Å². The second-order valence-corrected chi connectivity index (χ2v) is 5.82. The van der Waals surface area contributed by atoms with Crippen LogP contribution in [0.15, 0.2) is 0 Å². The minimum Gasteiger partial charge on any atom is -0.461 e. The monoisotopic (exact) mass is 284 g/mol. The molecule has 1 aliphatic rings. The highest BCUT2D eigenvalue weighted by molar-refractivity contribution is 7.15. The third kappa shape index (κ3) is 3.45. The summed E-state index contributed by atoms with van der Waals surface area (Å²) in [4.78, 5) is 19.1. The topological polar surface area (TPSA) is 51.7 Å². The predicted molar refractivity (Wildman–Crippen MR) is 75.1 cm³/mol. The van der Waals surface area contributed by atoms with Crippen molar-refractivity contribution in [3.63, 3.8) is 0 Å². The Morgan fingerprint density at radius 2 is 2.42 bits per heavy atom. The number of hydrogen-bond acceptors (Lipinski definition) is 6. The Hall–Kier alpha value is -1.14. The molecule has 0 spiro atoms. The summed E-state index contributed by atoms with van der Waals surface area (Å²) in [5, 5.41) is 0.844. The van der Waals surface area contributed by atoms with Gasteiger partial charge in [-0.2, -0.15) is 0 Å². The van der Waals surface area contributed by atoms with Crippen molar-refractivity contribution < 1.29 is 14.3 Å². The number of nitrogens with zero attached hydrogens (tertiary/aromatic N) is 2. The molecule has 0 radical (unpaired) electrons. The highest BCUT2D eigenvalue weighted by Gasteiger charge is 2.22. The van der Waals surface area contributed by atoms with Gasteiger partial charge in [0.1, 0.15) is 0 Å². The van der Waals surface area contributed by atoms with Crippen molar-refractivity contribution in [3.05, 3.63) is 10.6 Å². The average molecular weight is 284 g/mol. The number of likely N-dealkylation sites (N-methyl/N-ethyl adjacent to an activating group) is 1. The molecule has 6 heteroatoms. The molecule has 2 rings (SSSR count). The number of thiazole rings is 1. The molecule has 19 heavy (non-hydrogen) atoms. The van der Waals surface area contributed by atoms with Gasteiger partial charge in [0.15, 0.2) is 10.8 Å². The number of aryl methyl sites for hydroxylation is 1. The van der Waals surface area contributed by atoms with Gasteiger partial charge in [0.2, 0.25) is 0 Å². The third-order valence-electron chi connectivity index (χ3n) is 3.08. The first-order valence-electron chi connectivity index (χ1n) is 6.59. The van der Waals surface area contributed by atoms with Gasteiger partial charge in [-0.1, -0.05) is 0 Å². The molecule has 0 amide bonds. The molecule has 106 valence electrons. The van der Waals surface area contributed by atoms with Gasteiger partial charge in [-0.05, 0) is 26.7 Å². The number of rotatable bonds is 5. The van der Waals surface area contributed by atoms with Crippen LogP contribution in [0.3, 0.4) is 0 Å². The molecule has 1 aromatic rings. The van der Waals surface area contributed by atoms with Crippen molar-refractivity contribution >= 4 is 22.4 Å². The minimum atomic E-state index is -0.340. The van der Waals surface area contributed by atoms with Crippen LogP contribution in [0.1, 0.15) is 35.1 Å². The van der Waals surface area contributed by atoms with E-state index in [1.807, 2.05) is 14.0 Å². The van der Waals surface area contributed by atoms with Crippen LogP contribution in [-0.4, -0.2) is 43.9 Å². The molecule has 0 aliphatic carbocycles. The van der Waals surface area contributed by atoms with Crippen LogP contribution in [0, 0.1) is 6.92 Å². The van der Waals surface area contributed by atoms with Crippen molar-refractivity contribution in [3.8, 4) is 0 Å². The van der Waals surface area contributed by atoms with Gasteiger partial charge in [0.25, 0.3) is 0 Å². The molecule has 1 atom stereocenters. The van der Waals surface area contributed by atoms with Crippen molar-refractivity contribution in [1.82, 2.24) is 4.98 Å². The van der Waals surface area contributed by atoms with E-state index < -0.39 is 0 Å². The summed E-state index contributed by atoms with van der Waals surface area (Å²) in [6.07, 6.45) is 2.50. The molecule has 1 saturated heterocycles. The van der Waals surface area contributed by atoms with Crippen LogP contribution in [-0.2, 0) is 9.47 Å². The van der Waals surface area contributed by atoms with Gasteiger partial charge in [-0.3, -0.25) is 0 Å². The number of esters is 1. The smallest absolute Gasteiger partial charge is 0.358 e. The van der Waals surface area contributed by atoms with Crippen LogP contribution in [0.25, 0.3) is 0 Å². The van der Waals surface area contributed by atoms with Crippen LogP contribution in [0.2, 0.25) is 0 Å². The number of carbonyl (C=O) groups excluding carboxylic acids is 1. The van der Waals surface area contributed by atoms with Crippen LogP contribution >= 0.6 is 11.3 Å². The summed E-state index contributed by atoms with van der Waals surface area (Å²) in [6.45, 7) is 5.73. The van der Waals surface area contributed by atoms with E-state index in [0.29, 0.717) is 12.3 Å². The molecule has 1 aromatic heterocycles. The first-order chi connectivity index (χ1) is 9.11. The van der Waals surface area contributed by atoms with E-state index in [1.165, 1.54) is 11.3 Å². The van der Waals surface area contributed by atoms with Crippen molar-refractivity contribution in [2.75, 3.05) is 31.7 Å². The standard InChI is InChI=1S/C13H20N2O3S/c1-4-17-12(16)11-9(2)19-13(14-11)15(3)8-10-6-5-7-18-10/h10H,4-8H2,1-3H3. The fourth-order valence-corrected chi connectivity index (χ4v) is 2.97. The quantitative estimate of drug-likeness (QED) is 0.776. The second-order valence-electron chi connectivity index (χ2n) is 4.64. The minimum absolute atomic E-state index is 0.278. The van der Waals surface area contributed by atoms with Gasteiger partial charge in [-0.15, -0.1) is 11.3 Å². The van der Waals surface area contributed by atoms with Crippen LogP contribution in [0.4, 0.5) is 5.13 Å². The zero-order valence-corrected chi connectivity index (χ0v) is 12.5. The van der Waals surface area contributed by atoms with Crippen LogP contribution < -0.4 is 4.90 Å². The SMILES string of the molecule is CCOC(=O)c1nc(N(C)CC2CCCO2)sc1C. The number of hydrogen-bond donors (Lipinski definition) is 0. The number of ether oxygens (including phenoxy) is 2. The largest absolute Gasteiger partial charge is 0.461 e. The highest BCUT2D eigenvalue weighted by Crippen LogP contribution is 2.26. The lowest BCUT2D eigenvalue weighted by atomic mass is 10.2. The lowest BCUT2D eigenvalue weighted by Gasteiger charge is -2.19. The lowest BCUT2D eigenvalue weighted by molar-refractivity contribution is 0.0519. The Morgan fingerprint density at radius 3 is 3.05 bits per heavy atom. The first-order valence-corrected chi connectivity index (χ1v) is 7.40. The molecular formula is C13H20N2O3S. The van der Waals surface area contributed by atoms with E-state index in [2.05, 4.69) is 9.88 Å². The van der Waals surface area contributed by atoms with E-state index in [-0.39, 0.29) is 12.1 Å². The van der Waals surface area contributed by atoms with E-state index in [4.69, 9.17) is 9.47 Å². The molecule has 0 saturated carbocycles. The van der Waals surface area contributed by atoms with Gasteiger partial charge in [0.05, 0.1) is 12.7 Å². The Labute approximate surface area is 117 Å². The second kappa shape index (κ2) is 6.34. The van der Waals surface area contributed by atoms with E-state index in [9.17, 15) is 4.79 Å². The van der Waals surface area contributed by atoms with Gasteiger partial charge < -0.3 is 14.4 Å². The Kier molecular flexibility index (Phi) is 4.76. The Balaban J connectivity index is 2.03. The molecule has 1 aliphatic heterocycles. The van der Waals surface area contributed by atoms with Crippen molar-refractivity contribution in [2.45, 2.75) is 32.8 Å². The fourth-order valence-electron chi connectivity index (χ4n) is 2.11. The Bertz CT molecular complexity index is 441. The van der Waals surface area contributed by atoms with E-state index >= 15 is 0 Å². The predicted octanol–water partition coefficient (Wildman–Crippen LogP) is 2.24. The third-order valence-corrected chi connectivity index (χ3v) is 4.17. The lowest BCUT2D eigenvalue weighted by Crippen LogP contribution is -2.28. The summed E-state index contributed by atoms with van der Waals surface area (Å²) in [7, 11) is 1.98. The maximum Gasteiger partial charge on any atom is 0.358 e. The summed E-state index contributed by atoms with van der Waals surface area (Å²) in [6, 6.07) is 0. The molecule has 0 bridgehead atoms. The normalized spacial score (nSPS) is 18.6.